The number of aromatic amines is 1. The first kappa shape index (κ1) is 14.3. The van der Waals surface area contributed by atoms with E-state index in [0.29, 0.717) is 25.1 Å². The van der Waals surface area contributed by atoms with E-state index in [-0.39, 0.29) is 11.8 Å². The van der Waals surface area contributed by atoms with Crippen LogP contribution in [0.2, 0.25) is 0 Å². The average molecular weight is 298 g/mol. The second kappa shape index (κ2) is 6.01. The lowest BCUT2D eigenvalue weighted by Gasteiger charge is -2.11. The average Bonchev–Trinajstić information content (AvgIpc) is 2.87. The van der Waals surface area contributed by atoms with Crippen molar-refractivity contribution in [3.8, 4) is 0 Å². The summed E-state index contributed by atoms with van der Waals surface area (Å²) in [6.45, 7) is 2.57. The van der Waals surface area contributed by atoms with Crippen molar-refractivity contribution in [1.29, 1.82) is 0 Å². The summed E-state index contributed by atoms with van der Waals surface area (Å²) in [4.78, 5) is 26.2. The molecular formula is C16H18N4O2. The molecule has 1 aliphatic rings. The van der Waals surface area contributed by atoms with Crippen molar-refractivity contribution in [2.45, 2.75) is 26.2 Å². The van der Waals surface area contributed by atoms with Crippen LogP contribution in [-0.4, -0.2) is 29.1 Å². The van der Waals surface area contributed by atoms with Gasteiger partial charge in [0.2, 0.25) is 5.91 Å². The van der Waals surface area contributed by atoms with Gasteiger partial charge in [0.05, 0.1) is 0 Å². The first-order valence-corrected chi connectivity index (χ1v) is 7.34. The molecule has 0 fully saturated rings. The number of H-pyrrole nitrogens is 1. The SMILES string of the molecule is Cc1cc2cc(CCNC(=O)C3=NNC(=O)CC3)ccc2[nH]1. The number of nitrogens with zero attached hydrogens (tertiary/aromatic N) is 1. The maximum absolute atomic E-state index is 11.9. The van der Waals surface area contributed by atoms with Crippen LogP contribution in [0.25, 0.3) is 10.9 Å². The van der Waals surface area contributed by atoms with E-state index < -0.39 is 0 Å². The summed E-state index contributed by atoms with van der Waals surface area (Å²) in [6, 6.07) is 8.35. The molecule has 1 aromatic carbocycles. The van der Waals surface area contributed by atoms with Crippen LogP contribution in [0.15, 0.2) is 29.4 Å². The van der Waals surface area contributed by atoms with Gasteiger partial charge in [0.25, 0.3) is 5.91 Å². The standard InChI is InChI=1S/C16H18N4O2/c1-10-8-12-9-11(2-3-13(12)18-10)6-7-17-16(22)14-4-5-15(21)20-19-14/h2-3,8-9,18H,4-7H2,1H3,(H,17,22)(H,20,21). The third-order valence-corrected chi connectivity index (χ3v) is 3.69. The van der Waals surface area contributed by atoms with Crippen molar-refractivity contribution in [2.75, 3.05) is 6.54 Å². The number of nitrogens with one attached hydrogen (secondary N) is 3. The quantitative estimate of drug-likeness (QED) is 0.797. The van der Waals surface area contributed by atoms with Crippen LogP contribution in [0.3, 0.4) is 0 Å². The van der Waals surface area contributed by atoms with Gasteiger partial charge in [0.1, 0.15) is 5.71 Å². The maximum atomic E-state index is 11.9. The molecule has 22 heavy (non-hydrogen) atoms. The number of carbonyl (C=O) groups excluding carboxylic acids is 2. The Labute approximate surface area is 128 Å². The highest BCUT2D eigenvalue weighted by molar-refractivity contribution is 6.39. The van der Waals surface area contributed by atoms with Crippen LogP contribution in [0.5, 0.6) is 0 Å². The predicted octanol–water partition coefficient (Wildman–Crippen LogP) is 1.40. The molecule has 0 unspecified atom stereocenters. The largest absolute Gasteiger partial charge is 0.359 e. The minimum Gasteiger partial charge on any atom is -0.359 e. The van der Waals surface area contributed by atoms with Gasteiger partial charge in [-0.25, -0.2) is 5.43 Å². The molecule has 0 saturated carbocycles. The van der Waals surface area contributed by atoms with Crippen LogP contribution < -0.4 is 10.7 Å². The third kappa shape index (κ3) is 3.16. The number of hydrogen-bond donors (Lipinski definition) is 3. The molecule has 2 aromatic rings. The van der Waals surface area contributed by atoms with Gasteiger partial charge >= 0.3 is 0 Å². The van der Waals surface area contributed by atoms with Crippen LogP contribution in [-0.2, 0) is 16.0 Å². The molecule has 3 N–H and O–H groups in total. The molecule has 3 rings (SSSR count). The Kier molecular flexibility index (Phi) is 3.91. The number of benzene rings is 1. The Balaban J connectivity index is 1.55. The lowest BCUT2D eigenvalue weighted by Crippen LogP contribution is -2.37. The van der Waals surface area contributed by atoms with Gasteiger partial charge in [0.15, 0.2) is 0 Å². The van der Waals surface area contributed by atoms with E-state index in [4.69, 9.17) is 0 Å². The van der Waals surface area contributed by atoms with Gasteiger partial charge in [-0.05, 0) is 42.5 Å². The Morgan fingerprint density at radius 2 is 2.18 bits per heavy atom. The van der Waals surface area contributed by atoms with E-state index in [0.717, 1.165) is 17.6 Å². The Hall–Kier alpha value is -2.63. The van der Waals surface area contributed by atoms with Crippen molar-refractivity contribution in [3.05, 3.63) is 35.5 Å². The van der Waals surface area contributed by atoms with Gasteiger partial charge in [0, 0.05) is 30.6 Å². The molecule has 0 spiro atoms. The van der Waals surface area contributed by atoms with Crippen molar-refractivity contribution in [2.24, 2.45) is 5.10 Å². The van der Waals surface area contributed by atoms with Crippen LogP contribution in [0.4, 0.5) is 0 Å². The van der Waals surface area contributed by atoms with Crippen molar-refractivity contribution in [1.82, 2.24) is 15.7 Å². The smallest absolute Gasteiger partial charge is 0.267 e. The zero-order chi connectivity index (χ0) is 15.5. The number of carbonyl (C=O) groups is 2. The lowest BCUT2D eigenvalue weighted by atomic mass is 10.1. The summed E-state index contributed by atoms with van der Waals surface area (Å²) in [5.74, 6) is -0.356. The zero-order valence-corrected chi connectivity index (χ0v) is 12.4. The highest BCUT2D eigenvalue weighted by atomic mass is 16.2. The molecule has 2 amide bonds. The number of rotatable bonds is 4. The molecule has 114 valence electrons. The number of aromatic nitrogens is 1. The first-order chi connectivity index (χ1) is 10.6. The van der Waals surface area contributed by atoms with Crippen LogP contribution >= 0.6 is 0 Å². The van der Waals surface area contributed by atoms with E-state index in [1.54, 1.807) is 0 Å². The molecule has 0 radical (unpaired) electrons. The minimum absolute atomic E-state index is 0.147. The first-order valence-electron chi connectivity index (χ1n) is 7.34. The van der Waals surface area contributed by atoms with Crippen molar-refractivity contribution >= 4 is 28.4 Å². The summed E-state index contributed by atoms with van der Waals surface area (Å²) in [5.41, 5.74) is 6.15. The molecule has 0 bridgehead atoms. The Morgan fingerprint density at radius 3 is 2.95 bits per heavy atom. The van der Waals surface area contributed by atoms with Gasteiger partial charge in [-0.15, -0.1) is 0 Å². The summed E-state index contributed by atoms with van der Waals surface area (Å²) in [6.07, 6.45) is 1.47. The predicted molar refractivity (Wildman–Crippen MR) is 84.6 cm³/mol. The minimum atomic E-state index is -0.210. The summed E-state index contributed by atoms with van der Waals surface area (Å²) in [5, 5.41) is 7.80. The van der Waals surface area contributed by atoms with E-state index in [1.165, 1.54) is 10.9 Å². The highest BCUT2D eigenvalue weighted by Crippen LogP contribution is 2.17. The molecule has 0 aliphatic carbocycles. The molecule has 6 heteroatoms. The number of amides is 2. The molecule has 2 heterocycles. The van der Waals surface area contributed by atoms with E-state index in [2.05, 4.69) is 45.1 Å². The second-order valence-electron chi connectivity index (χ2n) is 5.47. The molecule has 1 aromatic heterocycles. The fraction of sp³-hybridized carbons (Fsp3) is 0.312. The van der Waals surface area contributed by atoms with E-state index in [1.807, 2.05) is 6.92 Å². The number of fused-ring (bicyclic) bond motifs is 1. The van der Waals surface area contributed by atoms with Gasteiger partial charge in [-0.1, -0.05) is 6.07 Å². The zero-order valence-electron chi connectivity index (χ0n) is 12.4. The number of hydrogen-bond acceptors (Lipinski definition) is 3. The molecular weight excluding hydrogens is 280 g/mol. The van der Waals surface area contributed by atoms with Crippen LogP contribution in [0, 0.1) is 6.92 Å². The summed E-state index contributed by atoms with van der Waals surface area (Å²) < 4.78 is 0. The third-order valence-electron chi connectivity index (χ3n) is 3.69. The number of aryl methyl sites for hydroxylation is 1. The summed E-state index contributed by atoms with van der Waals surface area (Å²) in [7, 11) is 0. The summed E-state index contributed by atoms with van der Waals surface area (Å²) >= 11 is 0. The molecule has 6 nitrogen and oxygen atoms in total. The maximum Gasteiger partial charge on any atom is 0.267 e. The Morgan fingerprint density at radius 1 is 1.32 bits per heavy atom. The van der Waals surface area contributed by atoms with Gasteiger partial charge in [-0.2, -0.15) is 5.10 Å². The second-order valence-corrected chi connectivity index (χ2v) is 5.47. The van der Waals surface area contributed by atoms with Crippen molar-refractivity contribution < 1.29 is 9.59 Å². The molecule has 0 atom stereocenters. The van der Waals surface area contributed by atoms with Crippen LogP contribution in [0.1, 0.15) is 24.1 Å². The monoisotopic (exact) mass is 298 g/mol. The molecule has 1 aliphatic heterocycles. The fourth-order valence-electron chi connectivity index (χ4n) is 2.54. The topological polar surface area (TPSA) is 86.3 Å². The highest BCUT2D eigenvalue weighted by Gasteiger charge is 2.17. The number of hydrazone groups is 1. The van der Waals surface area contributed by atoms with E-state index >= 15 is 0 Å². The lowest BCUT2D eigenvalue weighted by molar-refractivity contribution is -0.121. The molecule has 0 saturated heterocycles. The van der Waals surface area contributed by atoms with Gasteiger partial charge in [-0.3, -0.25) is 9.59 Å². The van der Waals surface area contributed by atoms with Crippen molar-refractivity contribution in [3.63, 3.8) is 0 Å². The fourth-order valence-corrected chi connectivity index (χ4v) is 2.54. The Bertz CT molecular complexity index is 761. The normalized spacial score (nSPS) is 14.6. The van der Waals surface area contributed by atoms with E-state index in [9.17, 15) is 9.59 Å². The van der Waals surface area contributed by atoms with Gasteiger partial charge < -0.3 is 10.3 Å².